The van der Waals surface area contributed by atoms with E-state index in [4.69, 9.17) is 0 Å². The van der Waals surface area contributed by atoms with Crippen LogP contribution in [0.25, 0.3) is 0 Å². The third-order valence-corrected chi connectivity index (χ3v) is 2.76. The Morgan fingerprint density at radius 3 is 2.81 bits per heavy atom. The first kappa shape index (κ1) is 19.5. The van der Waals surface area contributed by atoms with Gasteiger partial charge in [-0.15, -0.1) is 24.3 Å². The van der Waals surface area contributed by atoms with Crippen LogP contribution in [0, 0.1) is 6.08 Å². The van der Waals surface area contributed by atoms with E-state index < -0.39 is 17.9 Å². The Morgan fingerprint density at radius 1 is 1.52 bits per heavy atom. The Hall–Kier alpha value is -1.48. The predicted octanol–water partition coefficient (Wildman–Crippen LogP) is 1.18. The van der Waals surface area contributed by atoms with Crippen molar-refractivity contribution in [2.75, 3.05) is 0 Å². The Morgan fingerprint density at radius 2 is 2.24 bits per heavy atom. The maximum Gasteiger partial charge on any atom is 0.248 e. The third kappa shape index (κ3) is 6.67. The fourth-order valence-electron chi connectivity index (χ4n) is 1.70. The molecule has 0 aromatic heterocycles. The Labute approximate surface area is 139 Å². The summed E-state index contributed by atoms with van der Waals surface area (Å²) < 4.78 is 0. The summed E-state index contributed by atoms with van der Waals surface area (Å²) in [5.41, 5.74) is 0.318. The van der Waals surface area contributed by atoms with Gasteiger partial charge < -0.3 is 10.1 Å². The average Bonchev–Trinajstić information content (AvgIpc) is 2.41. The number of hydrogen-bond donors (Lipinski definition) is 2. The van der Waals surface area contributed by atoms with Crippen LogP contribution in [0.5, 0.6) is 0 Å². The molecule has 114 valence electrons. The van der Waals surface area contributed by atoms with Gasteiger partial charge >= 0.3 is 0 Å². The molecule has 0 radical (unpaired) electrons. The van der Waals surface area contributed by atoms with Crippen LogP contribution in [0.15, 0.2) is 30.4 Å². The van der Waals surface area contributed by atoms with Crippen LogP contribution in [0.4, 0.5) is 0 Å². The SMILES string of the molecule is C=C/C=C(\[C-]=CCCC)C(=O)NC1CCC(=O)NC1=O.[W]. The number of nitrogens with one attached hydrogen (secondary N) is 2. The molecular weight excluding hydrogens is 440 g/mol. The molecule has 1 aliphatic rings. The molecule has 21 heavy (non-hydrogen) atoms. The molecule has 1 fully saturated rings. The molecule has 2 N–H and O–H groups in total. The number of unbranched alkanes of at least 4 members (excludes halogenated alkanes) is 1. The normalized spacial score (nSPS) is 18.9. The van der Waals surface area contributed by atoms with E-state index in [2.05, 4.69) is 23.3 Å². The van der Waals surface area contributed by atoms with Gasteiger partial charge in [-0.3, -0.25) is 14.9 Å². The van der Waals surface area contributed by atoms with Crippen LogP contribution in [0.3, 0.4) is 0 Å². The molecule has 0 spiro atoms. The first-order chi connectivity index (χ1) is 9.58. The summed E-state index contributed by atoms with van der Waals surface area (Å²) in [7, 11) is 0. The summed E-state index contributed by atoms with van der Waals surface area (Å²) in [6.45, 7) is 5.57. The van der Waals surface area contributed by atoms with Crippen molar-refractivity contribution >= 4 is 17.7 Å². The van der Waals surface area contributed by atoms with Crippen molar-refractivity contribution in [2.24, 2.45) is 0 Å². The largest absolute Gasteiger partial charge is 0.394 e. The average molecular weight is 459 g/mol. The topological polar surface area (TPSA) is 75.3 Å². The fraction of sp³-hybridized carbons (Fsp3) is 0.400. The molecule has 0 bridgehead atoms. The van der Waals surface area contributed by atoms with E-state index in [-0.39, 0.29) is 33.4 Å². The smallest absolute Gasteiger partial charge is 0.248 e. The summed E-state index contributed by atoms with van der Waals surface area (Å²) in [4.78, 5) is 34.6. The maximum absolute atomic E-state index is 12.0. The molecular formula is C15H19N2O3W-. The van der Waals surface area contributed by atoms with Gasteiger partial charge in [0.2, 0.25) is 11.8 Å². The molecule has 0 aliphatic carbocycles. The zero-order valence-corrected chi connectivity index (χ0v) is 14.9. The van der Waals surface area contributed by atoms with Gasteiger partial charge in [-0.2, -0.15) is 12.2 Å². The van der Waals surface area contributed by atoms with Crippen molar-refractivity contribution < 1.29 is 35.4 Å². The number of rotatable bonds is 6. The molecule has 1 unspecified atom stereocenters. The summed E-state index contributed by atoms with van der Waals surface area (Å²) in [6, 6.07) is -0.679. The molecule has 1 rings (SSSR count). The van der Waals surface area contributed by atoms with Crippen molar-refractivity contribution in [3.05, 3.63) is 36.5 Å². The zero-order chi connectivity index (χ0) is 15.0. The summed E-state index contributed by atoms with van der Waals surface area (Å²) in [5.74, 6) is -1.17. The van der Waals surface area contributed by atoms with E-state index in [9.17, 15) is 14.4 Å². The van der Waals surface area contributed by atoms with Crippen LogP contribution in [0.2, 0.25) is 0 Å². The predicted molar refractivity (Wildman–Crippen MR) is 75.3 cm³/mol. The van der Waals surface area contributed by atoms with Gasteiger partial charge in [-0.25, -0.2) is 0 Å². The summed E-state index contributed by atoms with van der Waals surface area (Å²) in [6.07, 6.45) is 10.0. The van der Waals surface area contributed by atoms with E-state index >= 15 is 0 Å². The minimum Gasteiger partial charge on any atom is -0.394 e. The molecule has 0 aromatic rings. The van der Waals surface area contributed by atoms with Crippen LogP contribution >= 0.6 is 0 Å². The molecule has 0 aromatic carbocycles. The molecule has 6 heteroatoms. The van der Waals surface area contributed by atoms with E-state index in [0.29, 0.717) is 12.0 Å². The zero-order valence-electron chi connectivity index (χ0n) is 12.0. The molecule has 3 amide bonds. The summed E-state index contributed by atoms with van der Waals surface area (Å²) in [5, 5.41) is 4.80. The number of allylic oxidation sites excluding steroid dienone is 3. The monoisotopic (exact) mass is 459 g/mol. The number of hydrogen-bond acceptors (Lipinski definition) is 3. The second-order valence-electron chi connectivity index (χ2n) is 4.43. The van der Waals surface area contributed by atoms with Gasteiger partial charge in [0.05, 0.1) is 6.04 Å². The minimum absolute atomic E-state index is 0. The molecule has 0 saturated carbocycles. The number of imide groups is 1. The van der Waals surface area contributed by atoms with E-state index in [0.717, 1.165) is 12.8 Å². The number of carbonyl (C=O) groups is 3. The van der Waals surface area contributed by atoms with E-state index in [1.165, 1.54) is 12.2 Å². The minimum atomic E-state index is -0.679. The van der Waals surface area contributed by atoms with Gasteiger partial charge in [0, 0.05) is 27.5 Å². The maximum atomic E-state index is 12.0. The van der Waals surface area contributed by atoms with E-state index in [1.54, 1.807) is 6.08 Å². The Balaban J connectivity index is 0.00000400. The number of piperidine rings is 1. The van der Waals surface area contributed by atoms with Crippen molar-refractivity contribution in [1.82, 2.24) is 10.6 Å². The number of amides is 3. The van der Waals surface area contributed by atoms with Crippen molar-refractivity contribution in [1.29, 1.82) is 0 Å². The van der Waals surface area contributed by atoms with Gasteiger partial charge in [0.15, 0.2) is 0 Å². The van der Waals surface area contributed by atoms with Crippen molar-refractivity contribution in [3.63, 3.8) is 0 Å². The first-order valence-corrected chi connectivity index (χ1v) is 6.64. The van der Waals surface area contributed by atoms with Crippen molar-refractivity contribution in [3.8, 4) is 0 Å². The molecule has 1 heterocycles. The van der Waals surface area contributed by atoms with Gasteiger partial charge in [-0.05, 0) is 12.8 Å². The fourth-order valence-corrected chi connectivity index (χ4v) is 1.70. The Kier molecular flexibility index (Phi) is 9.55. The second kappa shape index (κ2) is 10.3. The molecule has 1 aliphatic heterocycles. The first-order valence-electron chi connectivity index (χ1n) is 6.64. The van der Waals surface area contributed by atoms with Gasteiger partial charge in [0.1, 0.15) is 5.91 Å². The number of carbonyl (C=O) groups excluding carboxylic acids is 3. The van der Waals surface area contributed by atoms with Crippen LogP contribution in [0.1, 0.15) is 32.6 Å². The molecule has 1 atom stereocenters. The summed E-state index contributed by atoms with van der Waals surface area (Å²) >= 11 is 0. The standard InChI is InChI=1S/C15H19N2O3.W/c1-3-5-6-8-11(7-4-2)14(19)16-12-9-10-13(18)17-15(12)20;/h4,6-7,12H,2-3,5,9-10H2,1H3,(H,16,19)(H,17,18,20);/q-1;/b11-7+;. The molecule has 5 nitrogen and oxygen atoms in total. The van der Waals surface area contributed by atoms with Crippen LogP contribution < -0.4 is 10.6 Å². The molecule has 1 saturated heterocycles. The van der Waals surface area contributed by atoms with Crippen LogP contribution in [-0.4, -0.2) is 23.8 Å². The quantitative estimate of drug-likeness (QED) is 0.271. The third-order valence-electron chi connectivity index (χ3n) is 2.76. The van der Waals surface area contributed by atoms with Gasteiger partial charge in [-0.1, -0.05) is 13.3 Å². The van der Waals surface area contributed by atoms with Crippen molar-refractivity contribution in [2.45, 2.75) is 38.6 Å². The van der Waals surface area contributed by atoms with Gasteiger partial charge in [0.25, 0.3) is 0 Å². The van der Waals surface area contributed by atoms with Crippen LogP contribution in [-0.2, 0) is 35.4 Å². The Bertz CT molecular complexity index is 470. The second-order valence-corrected chi connectivity index (χ2v) is 4.43. The van der Waals surface area contributed by atoms with E-state index in [1.807, 2.05) is 6.92 Å².